The van der Waals surface area contributed by atoms with Crippen molar-refractivity contribution >= 4 is 6.09 Å². The van der Waals surface area contributed by atoms with E-state index in [1.807, 2.05) is 43.3 Å². The van der Waals surface area contributed by atoms with Crippen LogP contribution in [0.15, 0.2) is 40.8 Å². The first kappa shape index (κ1) is 16.2. The Labute approximate surface area is 149 Å². The van der Waals surface area contributed by atoms with Crippen LogP contribution in [0.4, 0.5) is 4.79 Å². The van der Waals surface area contributed by atoms with Crippen LogP contribution in [-0.4, -0.2) is 46.0 Å². The molecule has 0 spiro atoms. The Morgan fingerprint density at radius 2 is 2.00 bits per heavy atom. The van der Waals surface area contributed by atoms with E-state index >= 15 is 0 Å². The maximum Gasteiger partial charge on any atom is 0.410 e. The molecule has 26 heavy (non-hydrogen) atoms. The molecule has 0 saturated carbocycles. The number of rotatable bonds is 5. The highest BCUT2D eigenvalue weighted by Gasteiger charge is 2.25. The molecule has 1 aromatic carbocycles. The van der Waals surface area contributed by atoms with Gasteiger partial charge in [-0.3, -0.25) is 4.90 Å². The van der Waals surface area contributed by atoms with E-state index in [1.165, 1.54) is 0 Å². The second kappa shape index (κ2) is 6.55. The summed E-state index contributed by atoms with van der Waals surface area (Å²) in [7, 11) is 1.62. The zero-order chi connectivity index (χ0) is 18.1. The molecule has 134 valence electrons. The van der Waals surface area contributed by atoms with E-state index in [0.29, 0.717) is 37.1 Å². The van der Waals surface area contributed by atoms with Gasteiger partial charge in [0.25, 0.3) is 0 Å². The van der Waals surface area contributed by atoms with Gasteiger partial charge in [-0.2, -0.15) is 0 Å². The van der Waals surface area contributed by atoms with E-state index in [4.69, 9.17) is 13.9 Å². The fourth-order valence-electron chi connectivity index (χ4n) is 2.78. The summed E-state index contributed by atoms with van der Waals surface area (Å²) in [6, 6.07) is 11.2. The molecule has 1 saturated heterocycles. The molecule has 8 nitrogen and oxygen atoms in total. The van der Waals surface area contributed by atoms with Crippen LogP contribution in [0.2, 0.25) is 0 Å². The maximum atomic E-state index is 11.8. The lowest BCUT2D eigenvalue weighted by Crippen LogP contribution is -2.25. The smallest absolute Gasteiger partial charge is 0.410 e. The lowest BCUT2D eigenvalue weighted by molar-refractivity contribution is 0.156. The number of carbonyl (C=O) groups is 1. The van der Waals surface area contributed by atoms with Crippen LogP contribution in [0.3, 0.4) is 0 Å². The first-order valence-corrected chi connectivity index (χ1v) is 8.23. The van der Waals surface area contributed by atoms with Crippen LogP contribution >= 0.6 is 0 Å². The first-order valence-electron chi connectivity index (χ1n) is 8.23. The third-order valence-corrected chi connectivity index (χ3v) is 4.13. The fourth-order valence-corrected chi connectivity index (χ4v) is 2.78. The van der Waals surface area contributed by atoms with Gasteiger partial charge in [-0.25, -0.2) is 14.5 Å². The van der Waals surface area contributed by atoms with Gasteiger partial charge in [0.2, 0.25) is 5.82 Å². The number of aryl methyl sites for hydroxylation is 1. The van der Waals surface area contributed by atoms with Crippen molar-refractivity contribution in [3.8, 4) is 23.0 Å². The van der Waals surface area contributed by atoms with Crippen molar-refractivity contribution in [2.24, 2.45) is 0 Å². The minimum atomic E-state index is -0.343. The highest BCUT2D eigenvalue weighted by Crippen LogP contribution is 2.23. The Morgan fingerprint density at radius 3 is 2.62 bits per heavy atom. The number of hydrogen-bond acceptors (Lipinski definition) is 6. The van der Waals surface area contributed by atoms with Crippen molar-refractivity contribution in [1.29, 1.82) is 0 Å². The van der Waals surface area contributed by atoms with E-state index in [0.717, 1.165) is 17.2 Å². The lowest BCUT2D eigenvalue weighted by Gasteiger charge is -2.12. The summed E-state index contributed by atoms with van der Waals surface area (Å²) in [5.74, 6) is 3.21. The molecule has 3 aromatic rings. The van der Waals surface area contributed by atoms with Crippen molar-refractivity contribution in [3.63, 3.8) is 0 Å². The van der Waals surface area contributed by atoms with E-state index < -0.39 is 0 Å². The molecule has 0 radical (unpaired) electrons. The van der Waals surface area contributed by atoms with Gasteiger partial charge in [0, 0.05) is 0 Å². The molecule has 3 heterocycles. The molecule has 1 aliphatic rings. The Balaban J connectivity index is 1.73. The van der Waals surface area contributed by atoms with Crippen molar-refractivity contribution < 1.29 is 18.7 Å². The SMILES string of the molecule is COc1ccc(-n2nc(-c3ccc(C)o3)nc2CN2CCOC2=O)cc1. The summed E-state index contributed by atoms with van der Waals surface area (Å²) in [4.78, 5) is 18.0. The predicted octanol–water partition coefficient (Wildman–Crippen LogP) is 2.80. The van der Waals surface area contributed by atoms with Crippen LogP contribution in [0.1, 0.15) is 11.6 Å². The molecule has 2 aromatic heterocycles. The van der Waals surface area contributed by atoms with Crippen molar-refractivity contribution in [3.05, 3.63) is 48.0 Å². The third-order valence-electron chi connectivity index (χ3n) is 4.13. The quantitative estimate of drug-likeness (QED) is 0.701. The van der Waals surface area contributed by atoms with E-state index in [9.17, 15) is 4.79 Å². The minimum Gasteiger partial charge on any atom is -0.497 e. The summed E-state index contributed by atoms with van der Waals surface area (Å²) in [6.45, 7) is 3.09. The molecule has 1 aliphatic heterocycles. The average Bonchev–Trinajstić information content (AvgIpc) is 3.36. The molecule has 0 N–H and O–H groups in total. The number of cyclic esters (lactones) is 1. The molecule has 0 atom stereocenters. The van der Waals surface area contributed by atoms with Gasteiger partial charge < -0.3 is 13.9 Å². The van der Waals surface area contributed by atoms with E-state index in [1.54, 1.807) is 16.7 Å². The van der Waals surface area contributed by atoms with E-state index in [2.05, 4.69) is 10.1 Å². The standard InChI is InChI=1S/C18H18N4O4/c1-12-3-8-15(26-12)17-19-16(11-21-9-10-25-18(21)23)22(20-17)13-4-6-14(24-2)7-5-13/h3-8H,9-11H2,1-2H3. The number of hydrogen-bond donors (Lipinski definition) is 0. The zero-order valence-electron chi connectivity index (χ0n) is 14.5. The second-order valence-corrected chi connectivity index (χ2v) is 5.91. The Kier molecular flexibility index (Phi) is 4.08. The molecule has 4 rings (SSSR count). The highest BCUT2D eigenvalue weighted by atomic mass is 16.6. The van der Waals surface area contributed by atoms with Gasteiger partial charge in [-0.05, 0) is 43.3 Å². The van der Waals surface area contributed by atoms with Gasteiger partial charge in [0.05, 0.1) is 25.9 Å². The largest absolute Gasteiger partial charge is 0.497 e. The molecule has 1 amide bonds. The van der Waals surface area contributed by atoms with Crippen LogP contribution in [0.5, 0.6) is 5.75 Å². The third kappa shape index (κ3) is 3.01. The Hall–Kier alpha value is -3.29. The number of nitrogens with zero attached hydrogens (tertiary/aromatic N) is 4. The van der Waals surface area contributed by atoms with Gasteiger partial charge >= 0.3 is 6.09 Å². The van der Waals surface area contributed by atoms with E-state index in [-0.39, 0.29) is 6.09 Å². The summed E-state index contributed by atoms with van der Waals surface area (Å²) < 4.78 is 17.6. The predicted molar refractivity (Wildman–Crippen MR) is 92.1 cm³/mol. The molecule has 0 aliphatic carbocycles. The van der Waals surface area contributed by atoms with Crippen molar-refractivity contribution in [2.45, 2.75) is 13.5 Å². The van der Waals surface area contributed by atoms with Crippen molar-refractivity contribution in [2.75, 3.05) is 20.3 Å². The Bertz CT molecular complexity index is 929. The highest BCUT2D eigenvalue weighted by molar-refractivity contribution is 5.69. The molecule has 8 heteroatoms. The molecular weight excluding hydrogens is 336 g/mol. The monoisotopic (exact) mass is 354 g/mol. The number of amides is 1. The zero-order valence-corrected chi connectivity index (χ0v) is 14.5. The average molecular weight is 354 g/mol. The van der Waals surface area contributed by atoms with Gasteiger partial charge in [0.1, 0.15) is 18.1 Å². The molecular formula is C18H18N4O4. The topological polar surface area (TPSA) is 82.6 Å². The van der Waals surface area contributed by atoms with Crippen LogP contribution in [0, 0.1) is 6.92 Å². The van der Waals surface area contributed by atoms with Gasteiger partial charge in [-0.15, -0.1) is 5.10 Å². The minimum absolute atomic E-state index is 0.303. The summed E-state index contributed by atoms with van der Waals surface area (Å²) in [6.07, 6.45) is -0.343. The van der Waals surface area contributed by atoms with Crippen LogP contribution < -0.4 is 4.74 Å². The summed E-state index contributed by atoms with van der Waals surface area (Å²) in [5, 5.41) is 4.58. The number of benzene rings is 1. The fraction of sp³-hybridized carbons (Fsp3) is 0.278. The number of carbonyl (C=O) groups excluding carboxylic acids is 1. The second-order valence-electron chi connectivity index (χ2n) is 5.91. The van der Waals surface area contributed by atoms with Crippen molar-refractivity contribution in [1.82, 2.24) is 19.7 Å². The number of ether oxygens (including phenoxy) is 2. The molecule has 0 unspecified atom stereocenters. The first-order chi connectivity index (χ1) is 12.6. The molecule has 1 fully saturated rings. The number of aromatic nitrogens is 3. The molecule has 0 bridgehead atoms. The van der Waals surface area contributed by atoms with Gasteiger partial charge in [-0.1, -0.05) is 0 Å². The summed E-state index contributed by atoms with van der Waals surface area (Å²) >= 11 is 0. The Morgan fingerprint density at radius 1 is 1.19 bits per heavy atom. The van der Waals surface area contributed by atoms with Crippen LogP contribution in [-0.2, 0) is 11.3 Å². The summed E-state index contributed by atoms with van der Waals surface area (Å²) in [5.41, 5.74) is 0.815. The number of methoxy groups -OCH3 is 1. The normalized spacial score (nSPS) is 13.9. The lowest BCUT2D eigenvalue weighted by atomic mass is 10.3. The van der Waals surface area contributed by atoms with Gasteiger partial charge in [0.15, 0.2) is 11.6 Å². The number of furan rings is 1. The van der Waals surface area contributed by atoms with Crippen LogP contribution in [0.25, 0.3) is 17.3 Å². The maximum absolute atomic E-state index is 11.8.